The molecule has 0 saturated carbocycles. The molecule has 7 heteroatoms. The zero-order valence-electron chi connectivity index (χ0n) is 11.1. The van der Waals surface area contributed by atoms with Gasteiger partial charge in [-0.3, -0.25) is 0 Å². The molecule has 4 nitrogen and oxygen atoms in total. The van der Waals surface area contributed by atoms with Crippen LogP contribution in [0.2, 0.25) is 0 Å². The maximum absolute atomic E-state index is 12.1. The van der Waals surface area contributed by atoms with Crippen LogP contribution in [-0.2, 0) is 10.0 Å². The molecule has 2 aromatic rings. The third-order valence-electron chi connectivity index (χ3n) is 2.43. The van der Waals surface area contributed by atoms with Crippen molar-refractivity contribution in [3.63, 3.8) is 0 Å². The van der Waals surface area contributed by atoms with Gasteiger partial charge in [0.1, 0.15) is 15.8 Å². The predicted molar refractivity (Wildman–Crippen MR) is 82.4 cm³/mol. The standard InChI is InChI=1S/C13H11INO3S.Li/c1-18-10-6-8-11(9-7-10)19(16,17)15-13-5-3-2-4-12(13)14;/h2-9H,1H3;/q-1;+1. The van der Waals surface area contributed by atoms with E-state index in [-0.39, 0.29) is 23.8 Å². The van der Waals surface area contributed by atoms with Crippen LogP contribution < -0.4 is 23.6 Å². The van der Waals surface area contributed by atoms with Crippen molar-refractivity contribution in [2.45, 2.75) is 4.90 Å². The van der Waals surface area contributed by atoms with Crippen molar-refractivity contribution in [3.05, 3.63) is 56.8 Å². The van der Waals surface area contributed by atoms with Gasteiger partial charge in [0.05, 0.1) is 12.0 Å². The summed E-state index contributed by atoms with van der Waals surface area (Å²) in [6, 6.07) is 13.2. The van der Waals surface area contributed by atoms with Gasteiger partial charge >= 0.3 is 18.9 Å². The van der Waals surface area contributed by atoms with Crippen molar-refractivity contribution in [2.75, 3.05) is 7.11 Å². The largest absolute Gasteiger partial charge is 1.00 e. The van der Waals surface area contributed by atoms with E-state index in [2.05, 4.69) is 27.3 Å². The smallest absolute Gasteiger partial charge is 0.572 e. The maximum atomic E-state index is 12.1. The molecule has 20 heavy (non-hydrogen) atoms. The fraction of sp³-hybridized carbons (Fsp3) is 0.0769. The SMILES string of the molecule is COc1ccc(S(=O)(=O)[N-]c2ccccc2I)cc1.[Li+]. The van der Waals surface area contributed by atoms with Gasteiger partial charge in [-0.15, -0.1) is 5.69 Å². The number of benzene rings is 2. The number of hydrogen-bond donors (Lipinski definition) is 0. The van der Waals surface area contributed by atoms with E-state index in [4.69, 9.17) is 4.74 Å². The van der Waals surface area contributed by atoms with Crippen LogP contribution in [0.5, 0.6) is 5.75 Å². The topological polar surface area (TPSA) is 57.5 Å². The second-order valence-electron chi connectivity index (χ2n) is 3.69. The second kappa shape index (κ2) is 7.36. The van der Waals surface area contributed by atoms with Crippen LogP contribution in [0.4, 0.5) is 5.69 Å². The first-order valence-corrected chi connectivity index (χ1v) is 7.91. The molecule has 2 aromatic carbocycles. The van der Waals surface area contributed by atoms with E-state index in [0.29, 0.717) is 11.4 Å². The summed E-state index contributed by atoms with van der Waals surface area (Å²) in [6.07, 6.45) is 0. The van der Waals surface area contributed by atoms with Crippen molar-refractivity contribution >= 4 is 38.3 Å². The van der Waals surface area contributed by atoms with E-state index >= 15 is 0 Å². The number of sulfonamides is 1. The molecule has 0 unspecified atom stereocenters. The summed E-state index contributed by atoms with van der Waals surface area (Å²) in [5.41, 5.74) is 0.443. The maximum Gasteiger partial charge on any atom is 1.00 e. The summed E-state index contributed by atoms with van der Waals surface area (Å²) in [5, 5.41) is 0. The van der Waals surface area contributed by atoms with Gasteiger partial charge < -0.3 is 9.46 Å². The Bertz CT molecular complexity index is 674. The van der Waals surface area contributed by atoms with Gasteiger partial charge in [0, 0.05) is 0 Å². The summed E-state index contributed by atoms with van der Waals surface area (Å²) in [4.78, 5) is 0.146. The van der Waals surface area contributed by atoms with E-state index in [1.165, 1.54) is 19.2 Å². The normalized spacial score (nSPS) is 10.5. The molecule has 0 N–H and O–H groups in total. The Morgan fingerprint density at radius 3 is 2.20 bits per heavy atom. The predicted octanol–water partition coefficient (Wildman–Crippen LogP) is 0.698. The van der Waals surface area contributed by atoms with Gasteiger partial charge in [-0.1, -0.05) is 24.3 Å². The van der Waals surface area contributed by atoms with Crippen molar-refractivity contribution < 1.29 is 32.0 Å². The number of halogens is 1. The van der Waals surface area contributed by atoms with Gasteiger partial charge in [-0.2, -0.15) is 0 Å². The minimum atomic E-state index is -3.70. The summed E-state index contributed by atoms with van der Waals surface area (Å²) in [6.45, 7) is 0. The van der Waals surface area contributed by atoms with Gasteiger partial charge in [0.15, 0.2) is 0 Å². The van der Waals surface area contributed by atoms with Crippen molar-refractivity contribution in [1.82, 2.24) is 0 Å². The number of rotatable bonds is 4. The molecule has 0 heterocycles. The minimum absolute atomic E-state index is 0. The fourth-order valence-corrected chi connectivity index (χ4v) is 3.13. The third kappa shape index (κ3) is 4.15. The Kier molecular flexibility index (Phi) is 6.39. The Balaban J connectivity index is 0.00000200. The van der Waals surface area contributed by atoms with Crippen LogP contribution in [0.15, 0.2) is 53.4 Å². The zero-order chi connectivity index (χ0) is 13.9. The summed E-state index contributed by atoms with van der Waals surface area (Å²) in [5.74, 6) is 0.605. The molecule has 0 aliphatic carbocycles. The van der Waals surface area contributed by atoms with E-state index in [1.807, 2.05) is 12.1 Å². The van der Waals surface area contributed by atoms with E-state index < -0.39 is 10.0 Å². The number of ether oxygens (including phenoxy) is 1. The molecule has 0 bridgehead atoms. The average Bonchev–Trinajstić information content (AvgIpc) is 2.41. The van der Waals surface area contributed by atoms with Crippen LogP contribution in [-0.4, -0.2) is 15.5 Å². The van der Waals surface area contributed by atoms with Crippen molar-refractivity contribution in [3.8, 4) is 5.75 Å². The number of hydrogen-bond acceptors (Lipinski definition) is 3. The molecule has 0 radical (unpaired) electrons. The molecular weight excluding hydrogens is 384 g/mol. The first kappa shape index (κ1) is 17.4. The van der Waals surface area contributed by atoms with Gasteiger partial charge in [-0.25, -0.2) is 8.42 Å². The van der Waals surface area contributed by atoms with Gasteiger partial charge in [0.25, 0.3) is 0 Å². The molecule has 2 rings (SSSR count). The second-order valence-corrected chi connectivity index (χ2v) is 6.46. The van der Waals surface area contributed by atoms with Crippen LogP contribution >= 0.6 is 22.6 Å². The third-order valence-corrected chi connectivity index (χ3v) is 4.65. The number of nitrogens with zero attached hydrogens (tertiary/aromatic N) is 1. The van der Waals surface area contributed by atoms with Crippen LogP contribution in [0.3, 0.4) is 0 Å². The van der Waals surface area contributed by atoms with Crippen molar-refractivity contribution in [1.29, 1.82) is 0 Å². The first-order chi connectivity index (χ1) is 9.03. The molecule has 0 spiro atoms. The molecule has 100 valence electrons. The zero-order valence-corrected chi connectivity index (χ0v) is 14.1. The summed E-state index contributed by atoms with van der Waals surface area (Å²) in [7, 11) is -2.17. The summed E-state index contributed by atoms with van der Waals surface area (Å²) < 4.78 is 33.9. The van der Waals surface area contributed by atoms with Crippen LogP contribution in [0.25, 0.3) is 4.72 Å². The Hall–Kier alpha value is -0.683. The molecule has 0 atom stereocenters. The van der Waals surface area contributed by atoms with Gasteiger partial charge in [0.2, 0.25) is 0 Å². The first-order valence-electron chi connectivity index (χ1n) is 5.39. The number of methoxy groups -OCH3 is 1. The van der Waals surface area contributed by atoms with E-state index in [0.717, 1.165) is 3.57 Å². The van der Waals surface area contributed by atoms with E-state index in [1.54, 1.807) is 24.3 Å². The van der Waals surface area contributed by atoms with Crippen molar-refractivity contribution in [2.24, 2.45) is 0 Å². The molecule has 0 amide bonds. The monoisotopic (exact) mass is 395 g/mol. The molecule has 0 aromatic heterocycles. The molecule has 0 fully saturated rings. The average molecular weight is 395 g/mol. The summed E-state index contributed by atoms with van der Waals surface area (Å²) >= 11 is 2.05. The molecule has 0 saturated heterocycles. The van der Waals surface area contributed by atoms with E-state index in [9.17, 15) is 8.42 Å². The molecular formula is C13H11ILiNO3S. The minimum Gasteiger partial charge on any atom is -0.572 e. The molecule has 0 aliphatic rings. The Labute approximate surface area is 144 Å². The van der Waals surface area contributed by atoms with Gasteiger partial charge in [-0.05, 0) is 50.4 Å². The Morgan fingerprint density at radius 1 is 1.05 bits per heavy atom. The van der Waals surface area contributed by atoms with Crippen LogP contribution in [0.1, 0.15) is 0 Å². The molecule has 0 aliphatic heterocycles. The van der Waals surface area contributed by atoms with Crippen LogP contribution in [0, 0.1) is 3.57 Å². The Morgan fingerprint density at radius 2 is 1.65 bits per heavy atom. The fourth-order valence-electron chi connectivity index (χ4n) is 1.46. The quantitative estimate of drug-likeness (QED) is 0.566.